The molecule has 1 unspecified atom stereocenters. The van der Waals surface area contributed by atoms with Crippen molar-refractivity contribution in [2.75, 3.05) is 17.9 Å². The molecule has 2 heterocycles. The van der Waals surface area contributed by atoms with Gasteiger partial charge < -0.3 is 9.30 Å². The Morgan fingerprint density at radius 3 is 2.50 bits per heavy atom. The maximum absolute atomic E-state index is 14.5. The normalized spacial score (nSPS) is 16.7. The van der Waals surface area contributed by atoms with Crippen molar-refractivity contribution in [2.24, 2.45) is 0 Å². The van der Waals surface area contributed by atoms with E-state index in [0.29, 0.717) is 31.0 Å². The Bertz CT molecular complexity index is 1290. The molecule has 0 bridgehead atoms. The van der Waals surface area contributed by atoms with Crippen LogP contribution in [-0.4, -0.2) is 36.4 Å². The van der Waals surface area contributed by atoms with E-state index in [9.17, 15) is 12.8 Å². The van der Waals surface area contributed by atoms with Crippen LogP contribution in [0, 0.1) is 5.82 Å². The van der Waals surface area contributed by atoms with Crippen LogP contribution in [0.5, 0.6) is 0 Å². The molecule has 7 nitrogen and oxygen atoms in total. The largest absolute Gasteiger partial charge is 0.379 e. The molecule has 0 radical (unpaired) electrons. The van der Waals surface area contributed by atoms with E-state index in [2.05, 4.69) is 14.9 Å². The first-order valence-electron chi connectivity index (χ1n) is 11.2. The van der Waals surface area contributed by atoms with Crippen molar-refractivity contribution in [3.05, 3.63) is 58.6 Å². The predicted octanol–water partition coefficient (Wildman–Crippen LogP) is 5.36. The van der Waals surface area contributed by atoms with Crippen LogP contribution in [0.15, 0.2) is 41.3 Å². The highest BCUT2D eigenvalue weighted by Crippen LogP contribution is 2.36. The van der Waals surface area contributed by atoms with Crippen LogP contribution in [0.4, 0.5) is 10.1 Å². The third-order valence-corrected chi connectivity index (χ3v) is 7.60. The van der Waals surface area contributed by atoms with Gasteiger partial charge in [0.15, 0.2) is 5.82 Å². The van der Waals surface area contributed by atoms with Gasteiger partial charge in [-0.3, -0.25) is 4.72 Å². The molecule has 1 aliphatic rings. The lowest BCUT2D eigenvalue weighted by atomic mass is 9.87. The zero-order chi connectivity index (χ0) is 24.7. The molecule has 10 heteroatoms. The molecule has 1 aromatic heterocycles. The van der Waals surface area contributed by atoms with E-state index in [4.69, 9.17) is 16.3 Å². The standard InChI is InChI=1S/C24H28ClFN4O3S/c1-5-22-27-28-23(30(22)16-10-11-33-14-16)18-12-19(25)20(26)13-21(18)29-34(31,32)17-8-6-15(7-9-17)24(2,3)4/h6-9,12-13,16,29H,5,10-11,14H2,1-4H3. The van der Waals surface area contributed by atoms with E-state index in [1.54, 1.807) is 24.3 Å². The van der Waals surface area contributed by atoms with Crippen LogP contribution in [0.25, 0.3) is 11.4 Å². The fourth-order valence-corrected chi connectivity index (χ4v) is 5.25. The minimum atomic E-state index is -4.01. The number of hydrogen-bond donors (Lipinski definition) is 1. The zero-order valence-electron chi connectivity index (χ0n) is 19.6. The quantitative estimate of drug-likeness (QED) is 0.486. The van der Waals surface area contributed by atoms with Crippen LogP contribution in [0.2, 0.25) is 5.02 Å². The Labute approximate surface area is 204 Å². The summed E-state index contributed by atoms with van der Waals surface area (Å²) in [6, 6.07) is 9.11. The van der Waals surface area contributed by atoms with Crippen molar-refractivity contribution in [1.29, 1.82) is 0 Å². The number of aryl methyl sites for hydroxylation is 1. The predicted molar refractivity (Wildman–Crippen MR) is 130 cm³/mol. The number of rotatable bonds is 6. The molecule has 3 aromatic rings. The molecule has 34 heavy (non-hydrogen) atoms. The Morgan fingerprint density at radius 1 is 1.21 bits per heavy atom. The summed E-state index contributed by atoms with van der Waals surface area (Å²) in [5, 5.41) is 8.46. The number of benzene rings is 2. The van der Waals surface area contributed by atoms with Crippen molar-refractivity contribution in [3.8, 4) is 11.4 Å². The number of anilines is 1. The Balaban J connectivity index is 1.78. The minimum absolute atomic E-state index is 0.00169. The van der Waals surface area contributed by atoms with Gasteiger partial charge in [0.2, 0.25) is 0 Å². The van der Waals surface area contributed by atoms with Crippen LogP contribution in [0.3, 0.4) is 0 Å². The van der Waals surface area contributed by atoms with E-state index in [0.717, 1.165) is 23.9 Å². The first-order chi connectivity index (χ1) is 16.0. The van der Waals surface area contributed by atoms with Gasteiger partial charge in [-0.25, -0.2) is 12.8 Å². The van der Waals surface area contributed by atoms with Gasteiger partial charge in [-0.15, -0.1) is 10.2 Å². The summed E-state index contributed by atoms with van der Waals surface area (Å²) in [4.78, 5) is 0.0710. The summed E-state index contributed by atoms with van der Waals surface area (Å²) >= 11 is 6.10. The zero-order valence-corrected chi connectivity index (χ0v) is 21.2. The van der Waals surface area contributed by atoms with Gasteiger partial charge in [0.05, 0.1) is 28.3 Å². The SMILES string of the molecule is CCc1nnc(-c2cc(Cl)c(F)cc2NS(=O)(=O)c2ccc(C(C)(C)C)cc2)n1C1CCOC1. The molecule has 1 N–H and O–H groups in total. The molecule has 1 atom stereocenters. The fraction of sp³-hybridized carbons (Fsp3) is 0.417. The van der Waals surface area contributed by atoms with Crippen LogP contribution in [-0.2, 0) is 26.6 Å². The van der Waals surface area contributed by atoms with Crippen molar-refractivity contribution >= 4 is 27.3 Å². The second-order valence-electron chi connectivity index (χ2n) is 9.37. The minimum Gasteiger partial charge on any atom is -0.379 e. The van der Waals surface area contributed by atoms with Gasteiger partial charge in [-0.05, 0) is 35.6 Å². The maximum atomic E-state index is 14.5. The van der Waals surface area contributed by atoms with Crippen molar-refractivity contribution in [3.63, 3.8) is 0 Å². The number of nitrogens with one attached hydrogen (secondary N) is 1. The van der Waals surface area contributed by atoms with Crippen molar-refractivity contribution in [1.82, 2.24) is 14.8 Å². The Kier molecular flexibility index (Phi) is 6.72. The third kappa shape index (κ3) is 4.82. The van der Waals surface area contributed by atoms with E-state index in [-0.39, 0.29) is 27.1 Å². The molecule has 0 saturated carbocycles. The average molecular weight is 507 g/mol. The van der Waals surface area contributed by atoms with Gasteiger partial charge in [0.1, 0.15) is 11.6 Å². The molecule has 1 fully saturated rings. The van der Waals surface area contributed by atoms with E-state index >= 15 is 0 Å². The molecular weight excluding hydrogens is 479 g/mol. The first-order valence-corrected chi connectivity index (χ1v) is 13.0. The second-order valence-corrected chi connectivity index (χ2v) is 11.5. The highest BCUT2D eigenvalue weighted by atomic mass is 35.5. The molecular formula is C24H28ClFN4O3S. The van der Waals surface area contributed by atoms with Gasteiger partial charge in [-0.1, -0.05) is 51.4 Å². The molecule has 0 amide bonds. The molecule has 4 rings (SSSR count). The third-order valence-electron chi connectivity index (χ3n) is 5.93. The summed E-state index contributed by atoms with van der Waals surface area (Å²) in [5.41, 5.74) is 1.27. The lowest BCUT2D eigenvalue weighted by Crippen LogP contribution is -2.17. The number of halogens is 2. The number of aromatic nitrogens is 3. The Hall–Kier alpha value is -2.49. The van der Waals surface area contributed by atoms with E-state index < -0.39 is 15.8 Å². The summed E-state index contributed by atoms with van der Waals surface area (Å²) in [6.45, 7) is 9.21. The molecule has 1 aliphatic heterocycles. The average Bonchev–Trinajstić information content (AvgIpc) is 3.44. The molecule has 182 valence electrons. The topological polar surface area (TPSA) is 86.1 Å². The summed E-state index contributed by atoms with van der Waals surface area (Å²) < 4.78 is 50.9. The maximum Gasteiger partial charge on any atom is 0.261 e. The molecule has 1 saturated heterocycles. The van der Waals surface area contributed by atoms with Crippen LogP contribution in [0.1, 0.15) is 51.5 Å². The molecule has 0 spiro atoms. The van der Waals surface area contributed by atoms with Crippen molar-refractivity contribution in [2.45, 2.75) is 56.9 Å². The molecule has 2 aromatic carbocycles. The van der Waals surface area contributed by atoms with Gasteiger partial charge >= 0.3 is 0 Å². The fourth-order valence-electron chi connectivity index (χ4n) is 4.01. The number of nitrogens with zero attached hydrogens (tertiary/aromatic N) is 3. The van der Waals surface area contributed by atoms with E-state index in [1.807, 2.05) is 32.3 Å². The number of hydrogen-bond acceptors (Lipinski definition) is 5. The van der Waals surface area contributed by atoms with Crippen molar-refractivity contribution < 1.29 is 17.5 Å². The highest BCUT2D eigenvalue weighted by Gasteiger charge is 2.28. The highest BCUT2D eigenvalue weighted by molar-refractivity contribution is 7.92. The number of sulfonamides is 1. The monoisotopic (exact) mass is 506 g/mol. The van der Waals surface area contributed by atoms with Crippen LogP contribution < -0.4 is 4.72 Å². The smallest absolute Gasteiger partial charge is 0.261 e. The second kappa shape index (κ2) is 9.28. The van der Waals surface area contributed by atoms with Crippen LogP contribution >= 0.6 is 11.6 Å². The summed E-state index contributed by atoms with van der Waals surface area (Å²) in [6.07, 6.45) is 1.40. The van der Waals surface area contributed by atoms with Gasteiger partial charge in [0.25, 0.3) is 10.0 Å². The lowest BCUT2D eigenvalue weighted by Gasteiger charge is -2.20. The lowest BCUT2D eigenvalue weighted by molar-refractivity contribution is 0.186. The summed E-state index contributed by atoms with van der Waals surface area (Å²) in [5.74, 6) is 0.407. The molecule has 0 aliphatic carbocycles. The number of ether oxygens (including phenoxy) is 1. The van der Waals surface area contributed by atoms with Gasteiger partial charge in [0, 0.05) is 24.7 Å². The Morgan fingerprint density at radius 2 is 1.91 bits per heavy atom. The van der Waals surface area contributed by atoms with Gasteiger partial charge in [-0.2, -0.15) is 0 Å². The van der Waals surface area contributed by atoms with E-state index in [1.165, 1.54) is 6.07 Å². The summed E-state index contributed by atoms with van der Waals surface area (Å²) in [7, 11) is -4.01. The first kappa shape index (κ1) is 24.6.